The van der Waals surface area contributed by atoms with E-state index in [-0.39, 0.29) is 13.0 Å². The van der Waals surface area contributed by atoms with Gasteiger partial charge in [-0.25, -0.2) is 4.57 Å². The molecule has 8 atom stereocenters. The van der Waals surface area contributed by atoms with E-state index in [1.807, 2.05) is 0 Å². The van der Waals surface area contributed by atoms with Crippen LogP contribution in [0, 0.1) is 0 Å². The number of phosphoric ester groups is 1. The molecule has 6 N–H and O–H groups in total. The Hall–Kier alpha value is -0.660. The molecule has 1 aliphatic rings. The average Bonchev–Trinajstić information content (AvgIpc) is 3.30. The van der Waals surface area contributed by atoms with Gasteiger partial charge in [0.25, 0.3) is 0 Å². The molecule has 0 saturated heterocycles. The first-order valence-corrected chi connectivity index (χ1v) is 29.4. The van der Waals surface area contributed by atoms with Gasteiger partial charge in [-0.3, -0.25) is 13.8 Å². The number of esters is 1. The number of phosphoric acid groups is 1. The second-order valence-electron chi connectivity index (χ2n) is 19.8. The van der Waals surface area contributed by atoms with Crippen LogP contribution in [0.3, 0.4) is 0 Å². The van der Waals surface area contributed by atoms with Gasteiger partial charge in [-0.05, 0) is 12.8 Å². The molecule has 1 saturated carbocycles. The number of unbranched alkanes of at least 4 members (excludes halogenated alkanes) is 37. The van der Waals surface area contributed by atoms with E-state index in [2.05, 4.69) is 13.8 Å². The molecule has 0 amide bonds. The highest BCUT2D eigenvalue weighted by Crippen LogP contribution is 2.47. The number of carbonyl (C=O) groups excluding carboxylic acids is 1. The number of aliphatic hydroxyl groups excluding tert-OH is 5. The highest BCUT2D eigenvalue weighted by molar-refractivity contribution is 7.47. The number of aliphatic hydroxyl groups is 5. The topological polar surface area (TPSA) is 192 Å². The predicted octanol–water partition coefficient (Wildman–Crippen LogP) is 12.9. The molecule has 6 unspecified atom stereocenters. The fourth-order valence-electron chi connectivity index (χ4n) is 9.07. The van der Waals surface area contributed by atoms with Gasteiger partial charge in [-0.15, -0.1) is 0 Å². The van der Waals surface area contributed by atoms with Crippen molar-refractivity contribution in [3.63, 3.8) is 0 Å². The lowest BCUT2D eigenvalue weighted by atomic mass is 9.85. The third-order valence-corrected chi connectivity index (χ3v) is 14.5. The molecule has 394 valence electrons. The lowest BCUT2D eigenvalue weighted by Gasteiger charge is -2.41. The summed E-state index contributed by atoms with van der Waals surface area (Å²) in [5, 5.41) is 50.4. The molecular weight excluding hydrogens is 860 g/mol. The zero-order chi connectivity index (χ0) is 48.4. The maximum absolute atomic E-state index is 12.9. The van der Waals surface area contributed by atoms with Gasteiger partial charge in [0.05, 0.1) is 13.2 Å². The summed E-state index contributed by atoms with van der Waals surface area (Å²) in [6.45, 7) is 4.34. The minimum absolute atomic E-state index is 0.0671. The van der Waals surface area contributed by atoms with Crippen LogP contribution in [0.15, 0.2) is 0 Å². The summed E-state index contributed by atoms with van der Waals surface area (Å²) in [6, 6.07) is 0. The fourth-order valence-corrected chi connectivity index (χ4v) is 10.0. The summed E-state index contributed by atoms with van der Waals surface area (Å²) in [7, 11) is -5.02. The predicted molar refractivity (Wildman–Crippen MR) is 267 cm³/mol. The molecule has 1 rings (SSSR count). The number of carbonyl (C=O) groups is 1. The van der Waals surface area contributed by atoms with Crippen LogP contribution in [-0.2, 0) is 27.9 Å². The van der Waals surface area contributed by atoms with Crippen molar-refractivity contribution in [1.82, 2.24) is 0 Å². The van der Waals surface area contributed by atoms with Crippen LogP contribution in [0.4, 0.5) is 0 Å². The SMILES string of the molecule is CCCCCCCCCCCCCCCCCCCCCCOC[C@H](COP(=O)(O)OC1C(O)C(O)C(O)[C@@H](O)C1O)OC(=O)CCCCCCCCCCCCCCCCCCCCC. The normalized spacial score (nSPS) is 21.3. The summed E-state index contributed by atoms with van der Waals surface area (Å²) in [6.07, 6.45) is 37.4. The zero-order valence-electron chi connectivity index (χ0n) is 42.5. The molecular formula is C53H105O12P. The lowest BCUT2D eigenvalue weighted by Crippen LogP contribution is -2.64. The molecule has 0 bridgehead atoms. The van der Waals surface area contributed by atoms with Crippen molar-refractivity contribution in [1.29, 1.82) is 0 Å². The quantitative estimate of drug-likeness (QED) is 0.0192. The second-order valence-corrected chi connectivity index (χ2v) is 21.2. The summed E-state index contributed by atoms with van der Waals surface area (Å²) in [4.78, 5) is 23.3. The summed E-state index contributed by atoms with van der Waals surface area (Å²) < 4.78 is 34.4. The van der Waals surface area contributed by atoms with Gasteiger partial charge in [-0.2, -0.15) is 0 Å². The molecule has 0 aromatic carbocycles. The van der Waals surface area contributed by atoms with Crippen molar-refractivity contribution in [3.8, 4) is 0 Å². The van der Waals surface area contributed by atoms with Gasteiger partial charge >= 0.3 is 13.8 Å². The number of ether oxygens (including phenoxy) is 2. The Labute approximate surface area is 404 Å². The lowest BCUT2D eigenvalue weighted by molar-refractivity contribution is -0.220. The largest absolute Gasteiger partial charge is 0.472 e. The van der Waals surface area contributed by atoms with Crippen molar-refractivity contribution >= 4 is 13.8 Å². The molecule has 1 fully saturated rings. The Balaban J connectivity index is 2.28. The first kappa shape index (κ1) is 63.4. The van der Waals surface area contributed by atoms with E-state index < -0.39 is 63.1 Å². The number of rotatable bonds is 49. The highest BCUT2D eigenvalue weighted by atomic mass is 31.2. The molecule has 0 aromatic rings. The molecule has 0 aliphatic heterocycles. The van der Waals surface area contributed by atoms with Crippen LogP contribution < -0.4 is 0 Å². The smallest absolute Gasteiger partial charge is 0.457 e. The number of hydrogen-bond acceptors (Lipinski definition) is 11. The van der Waals surface area contributed by atoms with Crippen molar-refractivity contribution < 1.29 is 58.3 Å². The Morgan fingerprint density at radius 2 is 0.712 bits per heavy atom. The van der Waals surface area contributed by atoms with Gasteiger partial charge in [0.2, 0.25) is 0 Å². The Bertz CT molecular complexity index is 1100. The molecule has 13 heteroatoms. The monoisotopic (exact) mass is 965 g/mol. The minimum Gasteiger partial charge on any atom is -0.457 e. The molecule has 0 heterocycles. The third kappa shape index (κ3) is 35.4. The summed E-state index contributed by atoms with van der Waals surface area (Å²) in [5.74, 6) is -0.468. The van der Waals surface area contributed by atoms with Crippen molar-refractivity contribution in [2.75, 3.05) is 19.8 Å². The Morgan fingerprint density at radius 3 is 1.05 bits per heavy atom. The van der Waals surface area contributed by atoms with Crippen molar-refractivity contribution in [2.24, 2.45) is 0 Å². The van der Waals surface area contributed by atoms with Gasteiger partial charge in [0.15, 0.2) is 0 Å². The Kier molecular flexibility index (Phi) is 42.5. The maximum atomic E-state index is 12.9. The second kappa shape index (κ2) is 44.3. The van der Waals surface area contributed by atoms with Crippen LogP contribution in [0.1, 0.15) is 271 Å². The van der Waals surface area contributed by atoms with Crippen LogP contribution in [0.5, 0.6) is 0 Å². The standard InChI is InChI=1S/C53H105O12P/c1-3-5-7-9-11-13-15-17-19-21-23-25-27-29-31-33-35-37-39-41-43-62-44-46(45-63-66(60,61)65-53-51(58)49(56)48(55)50(57)52(53)59)64-47(54)42-40-38-36-34-32-30-28-26-24-22-20-18-16-14-12-10-8-6-4-2/h46,48-53,55-59H,3-45H2,1-2H3,(H,60,61)/t46-,48?,49-,50?,51?,52?,53?/m1/s1. The summed E-state index contributed by atoms with van der Waals surface area (Å²) >= 11 is 0. The van der Waals surface area contributed by atoms with Crippen LogP contribution in [-0.4, -0.2) is 98.9 Å². The van der Waals surface area contributed by atoms with Crippen LogP contribution in [0.2, 0.25) is 0 Å². The molecule has 1 aliphatic carbocycles. The van der Waals surface area contributed by atoms with E-state index in [0.717, 1.165) is 38.5 Å². The first-order chi connectivity index (χ1) is 32.0. The highest BCUT2D eigenvalue weighted by Gasteiger charge is 2.51. The van der Waals surface area contributed by atoms with E-state index in [0.29, 0.717) is 13.0 Å². The average molecular weight is 965 g/mol. The Morgan fingerprint density at radius 1 is 0.424 bits per heavy atom. The van der Waals surface area contributed by atoms with Crippen LogP contribution >= 0.6 is 7.82 Å². The van der Waals surface area contributed by atoms with E-state index in [4.69, 9.17) is 18.5 Å². The fraction of sp³-hybridized carbons (Fsp3) is 0.981. The maximum Gasteiger partial charge on any atom is 0.472 e. The molecule has 0 radical (unpaired) electrons. The number of hydrogen-bond donors (Lipinski definition) is 6. The molecule has 0 spiro atoms. The van der Waals surface area contributed by atoms with E-state index in [1.165, 1.54) is 205 Å². The van der Waals surface area contributed by atoms with Gasteiger partial charge < -0.3 is 39.9 Å². The van der Waals surface area contributed by atoms with Gasteiger partial charge in [0, 0.05) is 13.0 Å². The van der Waals surface area contributed by atoms with E-state index in [9.17, 15) is 39.8 Å². The van der Waals surface area contributed by atoms with E-state index >= 15 is 0 Å². The van der Waals surface area contributed by atoms with Gasteiger partial charge in [-0.1, -0.05) is 251 Å². The molecule has 12 nitrogen and oxygen atoms in total. The molecule has 0 aromatic heterocycles. The summed E-state index contributed by atoms with van der Waals surface area (Å²) in [5.41, 5.74) is 0. The van der Waals surface area contributed by atoms with Crippen molar-refractivity contribution in [3.05, 3.63) is 0 Å². The molecule has 66 heavy (non-hydrogen) atoms. The zero-order valence-corrected chi connectivity index (χ0v) is 43.4. The third-order valence-electron chi connectivity index (χ3n) is 13.5. The van der Waals surface area contributed by atoms with Crippen molar-refractivity contribution in [2.45, 2.75) is 313 Å². The van der Waals surface area contributed by atoms with Crippen LogP contribution in [0.25, 0.3) is 0 Å². The first-order valence-electron chi connectivity index (χ1n) is 27.9. The minimum atomic E-state index is -5.02. The van der Waals surface area contributed by atoms with Gasteiger partial charge in [0.1, 0.15) is 42.7 Å². The van der Waals surface area contributed by atoms with E-state index in [1.54, 1.807) is 0 Å².